The summed E-state index contributed by atoms with van der Waals surface area (Å²) < 4.78 is 5.66. The molecule has 0 spiro atoms. The number of phenols is 1. The lowest BCUT2D eigenvalue weighted by atomic mass is 9.68. The van der Waals surface area contributed by atoms with E-state index >= 15 is 0 Å². The van der Waals surface area contributed by atoms with Gasteiger partial charge in [0.2, 0.25) is 0 Å². The highest BCUT2D eigenvalue weighted by atomic mass is 16.6. The van der Waals surface area contributed by atoms with Crippen LogP contribution in [-0.4, -0.2) is 40.5 Å². The molecule has 0 aromatic heterocycles. The van der Waals surface area contributed by atoms with Gasteiger partial charge in [-0.15, -0.1) is 0 Å². The van der Waals surface area contributed by atoms with Crippen molar-refractivity contribution >= 4 is 5.97 Å². The number of carbonyl (C=O) groups excluding carboxylic acids is 1. The van der Waals surface area contributed by atoms with Crippen LogP contribution in [0.3, 0.4) is 0 Å². The Labute approximate surface area is 150 Å². The molecular formula is C20H31NO4. The summed E-state index contributed by atoms with van der Waals surface area (Å²) in [4.78, 5) is 12.9. The van der Waals surface area contributed by atoms with Gasteiger partial charge in [-0.1, -0.05) is 12.1 Å². The van der Waals surface area contributed by atoms with Crippen molar-refractivity contribution in [1.29, 1.82) is 0 Å². The minimum absolute atomic E-state index is 0.0780. The topological polar surface area (TPSA) is 78.8 Å². The Morgan fingerprint density at radius 1 is 1.28 bits per heavy atom. The van der Waals surface area contributed by atoms with Crippen molar-refractivity contribution in [2.75, 3.05) is 13.2 Å². The lowest BCUT2D eigenvalue weighted by Crippen LogP contribution is -2.48. The molecule has 140 valence electrons. The van der Waals surface area contributed by atoms with Gasteiger partial charge in [-0.25, -0.2) is 0 Å². The van der Waals surface area contributed by atoms with Crippen LogP contribution in [0.1, 0.15) is 46.6 Å². The highest BCUT2D eigenvalue weighted by Crippen LogP contribution is 2.45. The number of benzene rings is 1. The van der Waals surface area contributed by atoms with Crippen LogP contribution in [-0.2, 0) is 16.0 Å². The highest BCUT2D eigenvalue weighted by Gasteiger charge is 2.56. The molecule has 2 atom stereocenters. The minimum Gasteiger partial charge on any atom is -0.508 e. The maximum atomic E-state index is 12.9. The molecule has 5 heteroatoms. The fraction of sp³-hybridized carbons (Fsp3) is 0.650. The SMILES string of the molecule is CC(C)(C)OC(=O)[C@H]1C(CO)(CCc2ccc(O)cc2)CNC1(C)C. The summed E-state index contributed by atoms with van der Waals surface area (Å²) in [7, 11) is 0. The molecule has 0 amide bonds. The fourth-order valence-corrected chi connectivity index (χ4v) is 3.79. The molecule has 0 bridgehead atoms. The fourth-order valence-electron chi connectivity index (χ4n) is 3.79. The number of aliphatic hydroxyl groups is 1. The van der Waals surface area contributed by atoms with Crippen molar-refractivity contribution in [3.05, 3.63) is 29.8 Å². The Balaban J connectivity index is 2.22. The number of rotatable bonds is 5. The molecule has 1 aromatic carbocycles. The van der Waals surface area contributed by atoms with Crippen molar-refractivity contribution in [3.8, 4) is 5.75 Å². The molecule has 1 heterocycles. The third-order valence-corrected chi connectivity index (χ3v) is 5.04. The number of aliphatic hydroxyl groups excluding tert-OH is 1. The predicted octanol–water partition coefficient (Wildman–Crippen LogP) is 2.64. The van der Waals surface area contributed by atoms with Crippen LogP contribution >= 0.6 is 0 Å². The minimum atomic E-state index is -0.566. The Morgan fingerprint density at radius 2 is 1.88 bits per heavy atom. The first-order chi connectivity index (χ1) is 11.5. The van der Waals surface area contributed by atoms with E-state index in [1.54, 1.807) is 12.1 Å². The Morgan fingerprint density at radius 3 is 2.40 bits per heavy atom. The van der Waals surface area contributed by atoms with Crippen molar-refractivity contribution < 1.29 is 19.7 Å². The van der Waals surface area contributed by atoms with E-state index in [9.17, 15) is 15.0 Å². The second-order valence-corrected chi connectivity index (χ2v) is 8.73. The Kier molecular flexibility index (Phi) is 5.50. The normalized spacial score (nSPS) is 25.8. The van der Waals surface area contributed by atoms with Crippen molar-refractivity contribution in [3.63, 3.8) is 0 Å². The van der Waals surface area contributed by atoms with Gasteiger partial charge in [0.25, 0.3) is 0 Å². The van der Waals surface area contributed by atoms with Gasteiger partial charge >= 0.3 is 5.97 Å². The monoisotopic (exact) mass is 349 g/mol. The van der Waals surface area contributed by atoms with Crippen LogP contribution in [0, 0.1) is 11.3 Å². The molecule has 1 saturated heterocycles. The summed E-state index contributed by atoms with van der Waals surface area (Å²) in [6.45, 7) is 10.0. The maximum Gasteiger partial charge on any atom is 0.312 e. The van der Waals surface area contributed by atoms with Gasteiger partial charge in [0.05, 0.1) is 12.5 Å². The van der Waals surface area contributed by atoms with Crippen LogP contribution in [0.4, 0.5) is 0 Å². The molecule has 2 rings (SSSR count). The van der Waals surface area contributed by atoms with Gasteiger partial charge in [0.15, 0.2) is 0 Å². The quantitative estimate of drug-likeness (QED) is 0.712. The lowest BCUT2D eigenvalue weighted by molar-refractivity contribution is -0.167. The third kappa shape index (κ3) is 4.53. The van der Waals surface area contributed by atoms with E-state index < -0.39 is 22.5 Å². The second kappa shape index (κ2) is 6.96. The molecule has 1 fully saturated rings. The van der Waals surface area contributed by atoms with Crippen molar-refractivity contribution in [1.82, 2.24) is 5.32 Å². The van der Waals surface area contributed by atoms with Crippen LogP contribution in [0.25, 0.3) is 0 Å². The zero-order valence-electron chi connectivity index (χ0n) is 15.9. The van der Waals surface area contributed by atoms with E-state index in [4.69, 9.17) is 4.74 Å². The highest BCUT2D eigenvalue weighted by molar-refractivity contribution is 5.76. The molecule has 25 heavy (non-hydrogen) atoms. The zero-order valence-corrected chi connectivity index (χ0v) is 15.9. The molecular weight excluding hydrogens is 318 g/mol. The van der Waals surface area contributed by atoms with Crippen molar-refractivity contribution in [2.45, 2.75) is 58.6 Å². The summed E-state index contributed by atoms with van der Waals surface area (Å²) in [5.74, 6) is -0.459. The first-order valence-electron chi connectivity index (χ1n) is 8.86. The summed E-state index contributed by atoms with van der Waals surface area (Å²) in [6.07, 6.45) is 1.38. The van der Waals surface area contributed by atoms with E-state index in [1.165, 1.54) is 0 Å². The van der Waals surface area contributed by atoms with Crippen LogP contribution in [0.15, 0.2) is 24.3 Å². The van der Waals surface area contributed by atoms with E-state index in [-0.39, 0.29) is 18.3 Å². The van der Waals surface area contributed by atoms with Crippen LogP contribution in [0.2, 0.25) is 0 Å². The van der Waals surface area contributed by atoms with E-state index in [2.05, 4.69) is 5.32 Å². The molecule has 0 aliphatic carbocycles. The van der Waals surface area contributed by atoms with Gasteiger partial charge in [0, 0.05) is 17.5 Å². The number of hydrogen-bond acceptors (Lipinski definition) is 5. The van der Waals surface area contributed by atoms with Crippen molar-refractivity contribution in [2.24, 2.45) is 11.3 Å². The largest absolute Gasteiger partial charge is 0.508 e. The first kappa shape index (κ1) is 19.7. The number of ether oxygens (including phenoxy) is 1. The van der Waals surface area contributed by atoms with Gasteiger partial charge in [-0.05, 0) is 65.2 Å². The Hall–Kier alpha value is -1.59. The molecule has 1 unspecified atom stereocenters. The summed E-state index contributed by atoms with van der Waals surface area (Å²) in [5.41, 5.74) is -0.504. The molecule has 3 N–H and O–H groups in total. The average Bonchev–Trinajstić information content (AvgIpc) is 2.77. The average molecular weight is 349 g/mol. The Bertz CT molecular complexity index is 603. The third-order valence-electron chi connectivity index (χ3n) is 5.04. The summed E-state index contributed by atoms with van der Waals surface area (Å²) in [6, 6.07) is 7.05. The lowest BCUT2D eigenvalue weighted by Gasteiger charge is -2.38. The summed E-state index contributed by atoms with van der Waals surface area (Å²) >= 11 is 0. The van der Waals surface area contributed by atoms with Gasteiger partial charge in [0.1, 0.15) is 11.4 Å². The van der Waals surface area contributed by atoms with Gasteiger partial charge < -0.3 is 20.3 Å². The molecule has 5 nitrogen and oxygen atoms in total. The number of aromatic hydroxyl groups is 1. The standard InChI is InChI=1S/C20H31NO4/c1-18(2,3)25-17(24)16-19(4,5)21-12-20(16,13-22)11-10-14-6-8-15(23)9-7-14/h6-9,16,21-23H,10-13H2,1-5H3/t16-,20?/m1/s1. The number of nitrogens with one attached hydrogen (secondary N) is 1. The molecule has 1 aromatic rings. The predicted molar refractivity (Wildman–Crippen MR) is 97.4 cm³/mol. The maximum absolute atomic E-state index is 12.9. The number of hydrogen-bond donors (Lipinski definition) is 3. The molecule has 0 radical (unpaired) electrons. The molecule has 1 aliphatic heterocycles. The number of phenolic OH excluding ortho intramolecular Hbond substituents is 1. The van der Waals surface area contributed by atoms with Crippen LogP contribution < -0.4 is 5.32 Å². The van der Waals surface area contributed by atoms with E-state index in [0.29, 0.717) is 13.0 Å². The van der Waals surface area contributed by atoms with Gasteiger partial charge in [-0.2, -0.15) is 0 Å². The summed E-state index contributed by atoms with van der Waals surface area (Å²) in [5, 5.41) is 23.0. The van der Waals surface area contributed by atoms with Gasteiger partial charge in [-0.3, -0.25) is 4.79 Å². The van der Waals surface area contributed by atoms with Crippen LogP contribution in [0.5, 0.6) is 5.75 Å². The molecule has 1 aliphatic rings. The smallest absolute Gasteiger partial charge is 0.312 e. The van der Waals surface area contributed by atoms with E-state index in [1.807, 2.05) is 46.8 Å². The molecule has 0 saturated carbocycles. The first-order valence-corrected chi connectivity index (χ1v) is 8.86. The number of esters is 1. The number of carbonyl (C=O) groups is 1. The number of aryl methyl sites for hydroxylation is 1. The second-order valence-electron chi connectivity index (χ2n) is 8.73. The van der Waals surface area contributed by atoms with E-state index in [0.717, 1.165) is 12.0 Å². The zero-order chi connectivity index (χ0) is 18.9.